The molecule has 2 aromatic rings. The molecule has 1 aromatic carbocycles. The Labute approximate surface area is 130 Å². The summed E-state index contributed by atoms with van der Waals surface area (Å²) < 4.78 is 36.2. The largest absolute Gasteiger partial charge is 0.485 e. The molecule has 0 saturated carbocycles. The molecule has 0 N–H and O–H groups in total. The normalized spacial score (nSPS) is 14.8. The van der Waals surface area contributed by atoms with E-state index in [1.165, 1.54) is 17.2 Å². The number of rotatable bonds is 4. The van der Waals surface area contributed by atoms with Gasteiger partial charge < -0.3 is 9.26 Å². The van der Waals surface area contributed by atoms with Gasteiger partial charge in [0.25, 0.3) is 5.91 Å². The lowest BCUT2D eigenvalue weighted by molar-refractivity contribution is -0.144. The van der Waals surface area contributed by atoms with Gasteiger partial charge in [-0.2, -0.15) is 0 Å². The van der Waals surface area contributed by atoms with E-state index in [1.54, 1.807) is 0 Å². The van der Waals surface area contributed by atoms with Gasteiger partial charge in [-0.05, 0) is 25.0 Å². The third-order valence-corrected chi connectivity index (χ3v) is 3.28. The molecule has 8 heteroatoms. The summed E-state index contributed by atoms with van der Waals surface area (Å²) in [5.41, 5.74) is 0.107. The number of carbonyl (C=O) groups is 1. The highest BCUT2D eigenvalue weighted by Gasteiger charge is 2.23. The van der Waals surface area contributed by atoms with Crippen molar-refractivity contribution >= 4 is 5.91 Å². The molecule has 1 amide bonds. The summed E-state index contributed by atoms with van der Waals surface area (Å²) in [6.45, 7) is 0.939. The van der Waals surface area contributed by atoms with Gasteiger partial charge in [-0.3, -0.25) is 9.63 Å². The Balaban J connectivity index is 1.60. The molecule has 1 aromatic heterocycles. The SMILES string of the molecule is O=C(c1cc(COc2ccc(F)c(F)c2)on1)N1CCCCO1. The maximum atomic E-state index is 13.1. The molecule has 0 unspecified atom stereocenters. The Hall–Kier alpha value is -2.48. The third-order valence-electron chi connectivity index (χ3n) is 3.28. The van der Waals surface area contributed by atoms with E-state index in [2.05, 4.69) is 5.16 Å². The van der Waals surface area contributed by atoms with Gasteiger partial charge in [-0.25, -0.2) is 13.8 Å². The van der Waals surface area contributed by atoms with Crippen LogP contribution in [0.3, 0.4) is 0 Å². The molecule has 1 saturated heterocycles. The number of hydroxylamine groups is 2. The average molecular weight is 324 g/mol. The number of hydrogen-bond donors (Lipinski definition) is 0. The maximum Gasteiger partial charge on any atom is 0.299 e. The van der Waals surface area contributed by atoms with Crippen LogP contribution >= 0.6 is 0 Å². The minimum absolute atomic E-state index is 0.0633. The fraction of sp³-hybridized carbons (Fsp3) is 0.333. The zero-order valence-electron chi connectivity index (χ0n) is 12.1. The molecule has 0 atom stereocenters. The van der Waals surface area contributed by atoms with Crippen LogP contribution in [0.25, 0.3) is 0 Å². The van der Waals surface area contributed by atoms with Crippen LogP contribution in [-0.2, 0) is 11.4 Å². The number of carbonyl (C=O) groups excluding carboxylic acids is 1. The first kappa shape index (κ1) is 15.4. The summed E-state index contributed by atoms with van der Waals surface area (Å²) in [5, 5.41) is 4.93. The van der Waals surface area contributed by atoms with Gasteiger partial charge in [0.1, 0.15) is 12.4 Å². The van der Waals surface area contributed by atoms with Crippen LogP contribution in [0.4, 0.5) is 8.78 Å². The predicted molar refractivity (Wildman–Crippen MR) is 73.4 cm³/mol. The lowest BCUT2D eigenvalue weighted by Crippen LogP contribution is -2.35. The quantitative estimate of drug-likeness (QED) is 0.865. The van der Waals surface area contributed by atoms with Gasteiger partial charge >= 0.3 is 0 Å². The Kier molecular flexibility index (Phi) is 4.52. The molecule has 0 spiro atoms. The van der Waals surface area contributed by atoms with Crippen molar-refractivity contribution in [1.82, 2.24) is 10.2 Å². The molecule has 122 valence electrons. The number of benzene rings is 1. The smallest absolute Gasteiger partial charge is 0.299 e. The molecular formula is C15H14F2N2O4. The van der Waals surface area contributed by atoms with Crippen molar-refractivity contribution in [3.8, 4) is 5.75 Å². The highest BCUT2D eigenvalue weighted by Crippen LogP contribution is 2.18. The van der Waals surface area contributed by atoms with Gasteiger partial charge in [-0.1, -0.05) is 5.16 Å². The number of ether oxygens (including phenoxy) is 1. The second kappa shape index (κ2) is 6.74. The van der Waals surface area contributed by atoms with Gasteiger partial charge in [0.2, 0.25) is 0 Å². The fourth-order valence-electron chi connectivity index (χ4n) is 2.09. The van der Waals surface area contributed by atoms with Gasteiger partial charge in [0.15, 0.2) is 23.1 Å². The van der Waals surface area contributed by atoms with E-state index in [1.807, 2.05) is 0 Å². The monoisotopic (exact) mass is 324 g/mol. The number of aromatic nitrogens is 1. The molecule has 3 rings (SSSR count). The van der Waals surface area contributed by atoms with Crippen LogP contribution in [0.1, 0.15) is 29.1 Å². The van der Waals surface area contributed by atoms with E-state index in [4.69, 9.17) is 14.1 Å². The van der Waals surface area contributed by atoms with Crippen LogP contribution in [0.5, 0.6) is 5.75 Å². The van der Waals surface area contributed by atoms with Crippen molar-refractivity contribution in [1.29, 1.82) is 0 Å². The maximum absolute atomic E-state index is 13.1. The van der Waals surface area contributed by atoms with E-state index in [-0.39, 0.29) is 29.7 Å². The second-order valence-electron chi connectivity index (χ2n) is 4.99. The average Bonchev–Trinajstić information content (AvgIpc) is 3.05. The number of hydrogen-bond acceptors (Lipinski definition) is 5. The predicted octanol–water partition coefficient (Wildman–Crippen LogP) is 2.70. The lowest BCUT2D eigenvalue weighted by atomic mass is 10.3. The van der Waals surface area contributed by atoms with Crippen LogP contribution < -0.4 is 4.74 Å². The van der Waals surface area contributed by atoms with Crippen molar-refractivity contribution in [3.63, 3.8) is 0 Å². The number of amides is 1. The third kappa shape index (κ3) is 3.65. The number of halogens is 2. The van der Waals surface area contributed by atoms with Crippen LogP contribution in [0.15, 0.2) is 28.8 Å². The van der Waals surface area contributed by atoms with Crippen molar-refractivity contribution in [3.05, 3.63) is 47.4 Å². The van der Waals surface area contributed by atoms with E-state index in [9.17, 15) is 13.6 Å². The van der Waals surface area contributed by atoms with E-state index >= 15 is 0 Å². The van der Waals surface area contributed by atoms with Crippen molar-refractivity contribution in [2.75, 3.05) is 13.2 Å². The molecular weight excluding hydrogens is 310 g/mol. The zero-order valence-corrected chi connectivity index (χ0v) is 12.1. The molecule has 0 aliphatic carbocycles. The van der Waals surface area contributed by atoms with E-state index in [0.717, 1.165) is 25.0 Å². The Morgan fingerprint density at radius 1 is 1.26 bits per heavy atom. The summed E-state index contributed by atoms with van der Waals surface area (Å²) >= 11 is 0. The standard InChI is InChI=1S/C15H14F2N2O4/c16-12-4-3-10(7-13(12)17)21-9-11-8-14(18-23-11)15(20)19-5-1-2-6-22-19/h3-4,7-8H,1-2,5-6,9H2. The molecule has 0 radical (unpaired) electrons. The molecule has 2 heterocycles. The topological polar surface area (TPSA) is 64.8 Å². The zero-order chi connectivity index (χ0) is 16.2. The van der Waals surface area contributed by atoms with Crippen LogP contribution in [0.2, 0.25) is 0 Å². The number of nitrogens with zero attached hydrogens (tertiary/aromatic N) is 2. The van der Waals surface area contributed by atoms with Gasteiger partial charge in [0, 0.05) is 18.7 Å². The highest BCUT2D eigenvalue weighted by molar-refractivity contribution is 5.91. The minimum Gasteiger partial charge on any atom is -0.485 e. The molecule has 1 fully saturated rings. The van der Waals surface area contributed by atoms with Crippen molar-refractivity contribution in [2.24, 2.45) is 0 Å². The van der Waals surface area contributed by atoms with E-state index in [0.29, 0.717) is 13.2 Å². The lowest BCUT2D eigenvalue weighted by Gasteiger charge is -2.24. The summed E-state index contributed by atoms with van der Waals surface area (Å²) in [7, 11) is 0. The van der Waals surface area contributed by atoms with Crippen molar-refractivity contribution in [2.45, 2.75) is 19.4 Å². The molecule has 6 nitrogen and oxygen atoms in total. The summed E-state index contributed by atoms with van der Waals surface area (Å²) in [5.74, 6) is -1.90. The Morgan fingerprint density at radius 3 is 2.87 bits per heavy atom. The Morgan fingerprint density at radius 2 is 2.13 bits per heavy atom. The first-order valence-electron chi connectivity index (χ1n) is 7.12. The minimum atomic E-state index is -1.00. The summed E-state index contributed by atoms with van der Waals surface area (Å²) in [6, 6.07) is 4.62. The molecule has 0 bridgehead atoms. The van der Waals surface area contributed by atoms with Crippen molar-refractivity contribution < 1.29 is 27.7 Å². The molecule has 23 heavy (non-hydrogen) atoms. The first-order valence-corrected chi connectivity index (χ1v) is 7.12. The molecule has 1 aliphatic rings. The first-order chi connectivity index (χ1) is 11.1. The highest BCUT2D eigenvalue weighted by atomic mass is 19.2. The van der Waals surface area contributed by atoms with Crippen LogP contribution in [0, 0.1) is 11.6 Å². The second-order valence-corrected chi connectivity index (χ2v) is 4.99. The van der Waals surface area contributed by atoms with Gasteiger partial charge in [0.05, 0.1) is 6.61 Å². The Bertz CT molecular complexity index is 699. The van der Waals surface area contributed by atoms with Gasteiger partial charge in [-0.15, -0.1) is 0 Å². The molecule has 1 aliphatic heterocycles. The fourth-order valence-corrected chi connectivity index (χ4v) is 2.09. The summed E-state index contributed by atoms with van der Waals surface area (Å²) in [6.07, 6.45) is 1.78. The van der Waals surface area contributed by atoms with E-state index < -0.39 is 11.6 Å². The summed E-state index contributed by atoms with van der Waals surface area (Å²) in [4.78, 5) is 17.4. The van der Waals surface area contributed by atoms with Crippen LogP contribution in [-0.4, -0.2) is 29.3 Å².